The summed E-state index contributed by atoms with van der Waals surface area (Å²) in [5.41, 5.74) is 5.99. The molecule has 0 bridgehead atoms. The van der Waals surface area contributed by atoms with Gasteiger partial charge in [0, 0.05) is 12.1 Å². The fourth-order valence-corrected chi connectivity index (χ4v) is 3.54. The average molecular weight is 224 g/mol. The minimum Gasteiger partial charge on any atom is -0.328 e. The highest BCUT2D eigenvalue weighted by atomic mass is 15.2. The molecular weight excluding hydrogens is 196 g/mol. The highest BCUT2D eigenvalue weighted by molar-refractivity contribution is 4.84. The fourth-order valence-electron chi connectivity index (χ4n) is 3.54. The summed E-state index contributed by atoms with van der Waals surface area (Å²) < 4.78 is 0. The zero-order valence-electron chi connectivity index (χ0n) is 11.0. The number of piperidine rings is 1. The van der Waals surface area contributed by atoms with E-state index < -0.39 is 0 Å². The van der Waals surface area contributed by atoms with E-state index in [2.05, 4.69) is 18.7 Å². The Labute approximate surface area is 101 Å². The number of rotatable bonds is 2. The lowest BCUT2D eigenvalue weighted by atomic mass is 9.84. The lowest BCUT2D eigenvalue weighted by Gasteiger charge is -2.41. The van der Waals surface area contributed by atoms with Crippen molar-refractivity contribution >= 4 is 0 Å². The van der Waals surface area contributed by atoms with Crippen LogP contribution in [0.4, 0.5) is 0 Å². The van der Waals surface area contributed by atoms with Crippen molar-refractivity contribution in [3.05, 3.63) is 0 Å². The molecule has 94 valence electrons. The van der Waals surface area contributed by atoms with E-state index in [1.54, 1.807) is 0 Å². The topological polar surface area (TPSA) is 29.3 Å². The number of hydrogen-bond donors (Lipinski definition) is 1. The highest BCUT2D eigenvalue weighted by Crippen LogP contribution is 2.30. The fraction of sp³-hybridized carbons (Fsp3) is 1.00. The summed E-state index contributed by atoms with van der Waals surface area (Å²) in [5.74, 6) is 1.72. The minimum absolute atomic E-state index is 0.396. The van der Waals surface area contributed by atoms with Crippen LogP contribution in [0.5, 0.6) is 0 Å². The van der Waals surface area contributed by atoms with Gasteiger partial charge in [-0.15, -0.1) is 0 Å². The van der Waals surface area contributed by atoms with Crippen LogP contribution < -0.4 is 5.73 Å². The molecular formula is C14H28N2. The lowest BCUT2D eigenvalue weighted by molar-refractivity contribution is 0.0878. The van der Waals surface area contributed by atoms with Gasteiger partial charge in [-0.3, -0.25) is 0 Å². The molecule has 0 aromatic carbocycles. The van der Waals surface area contributed by atoms with Crippen molar-refractivity contribution in [1.82, 2.24) is 4.90 Å². The molecule has 0 spiro atoms. The average Bonchev–Trinajstić information content (AvgIpc) is 2.29. The number of nitrogens with zero attached hydrogens (tertiary/aromatic N) is 1. The molecule has 1 saturated heterocycles. The molecule has 3 atom stereocenters. The predicted octanol–water partition coefficient (Wildman–Crippen LogP) is 2.62. The second-order valence-corrected chi connectivity index (χ2v) is 6.16. The van der Waals surface area contributed by atoms with Crippen molar-refractivity contribution in [2.75, 3.05) is 13.1 Å². The van der Waals surface area contributed by atoms with Crippen LogP contribution >= 0.6 is 0 Å². The molecule has 1 aliphatic carbocycles. The van der Waals surface area contributed by atoms with Gasteiger partial charge in [0.2, 0.25) is 0 Å². The summed E-state index contributed by atoms with van der Waals surface area (Å²) in [6, 6.07) is 1.28. The van der Waals surface area contributed by atoms with E-state index in [0.29, 0.717) is 6.04 Å². The Kier molecular flexibility index (Phi) is 4.26. The van der Waals surface area contributed by atoms with E-state index in [-0.39, 0.29) is 0 Å². The third-order valence-corrected chi connectivity index (χ3v) is 4.74. The van der Waals surface area contributed by atoms with Crippen molar-refractivity contribution in [2.24, 2.45) is 17.6 Å². The van der Waals surface area contributed by atoms with Crippen LogP contribution in [0.3, 0.4) is 0 Å². The van der Waals surface area contributed by atoms with Crippen molar-refractivity contribution in [2.45, 2.75) is 64.5 Å². The molecule has 2 fully saturated rings. The zero-order chi connectivity index (χ0) is 11.5. The molecule has 3 unspecified atom stereocenters. The molecule has 2 aliphatic rings. The van der Waals surface area contributed by atoms with Crippen LogP contribution in [-0.4, -0.2) is 30.1 Å². The number of nitrogens with two attached hydrogens (primary N) is 1. The van der Waals surface area contributed by atoms with Gasteiger partial charge >= 0.3 is 0 Å². The largest absolute Gasteiger partial charge is 0.328 e. The highest BCUT2D eigenvalue weighted by Gasteiger charge is 2.29. The predicted molar refractivity (Wildman–Crippen MR) is 69.4 cm³/mol. The SMILES string of the molecule is CC1CCCC(N2CCC(C(C)N)CC2)C1. The molecule has 1 saturated carbocycles. The minimum atomic E-state index is 0.396. The van der Waals surface area contributed by atoms with Crippen LogP contribution in [-0.2, 0) is 0 Å². The van der Waals surface area contributed by atoms with Crippen LogP contribution in [0.1, 0.15) is 52.4 Å². The molecule has 0 radical (unpaired) electrons. The molecule has 1 aliphatic heterocycles. The summed E-state index contributed by atoms with van der Waals surface area (Å²) in [4.78, 5) is 2.74. The van der Waals surface area contributed by atoms with Gasteiger partial charge in [-0.05, 0) is 57.5 Å². The Morgan fingerprint density at radius 2 is 1.81 bits per heavy atom. The Bertz CT molecular complexity index is 207. The van der Waals surface area contributed by atoms with Crippen molar-refractivity contribution in [3.63, 3.8) is 0 Å². The van der Waals surface area contributed by atoms with E-state index in [1.165, 1.54) is 51.6 Å². The van der Waals surface area contributed by atoms with Gasteiger partial charge in [0.25, 0.3) is 0 Å². The molecule has 2 nitrogen and oxygen atoms in total. The van der Waals surface area contributed by atoms with Gasteiger partial charge in [-0.2, -0.15) is 0 Å². The summed E-state index contributed by atoms with van der Waals surface area (Å²) in [6.07, 6.45) is 8.41. The van der Waals surface area contributed by atoms with Gasteiger partial charge < -0.3 is 10.6 Å². The number of hydrogen-bond acceptors (Lipinski definition) is 2. The second kappa shape index (κ2) is 5.50. The Balaban J connectivity index is 1.79. The Morgan fingerprint density at radius 1 is 1.12 bits per heavy atom. The quantitative estimate of drug-likeness (QED) is 0.781. The summed E-state index contributed by atoms with van der Waals surface area (Å²) in [7, 11) is 0. The molecule has 16 heavy (non-hydrogen) atoms. The van der Waals surface area contributed by atoms with E-state index in [4.69, 9.17) is 5.73 Å². The first-order valence-corrected chi connectivity index (χ1v) is 7.16. The Morgan fingerprint density at radius 3 is 2.38 bits per heavy atom. The van der Waals surface area contributed by atoms with Crippen LogP contribution in [0.25, 0.3) is 0 Å². The van der Waals surface area contributed by atoms with Crippen LogP contribution in [0.15, 0.2) is 0 Å². The van der Waals surface area contributed by atoms with E-state index >= 15 is 0 Å². The maximum atomic E-state index is 5.99. The zero-order valence-corrected chi connectivity index (χ0v) is 11.0. The van der Waals surface area contributed by atoms with Gasteiger partial charge in [-0.1, -0.05) is 19.8 Å². The van der Waals surface area contributed by atoms with Crippen molar-refractivity contribution in [3.8, 4) is 0 Å². The van der Waals surface area contributed by atoms with Crippen LogP contribution in [0, 0.1) is 11.8 Å². The first kappa shape index (κ1) is 12.4. The first-order valence-electron chi connectivity index (χ1n) is 7.16. The molecule has 0 amide bonds. The third kappa shape index (κ3) is 2.98. The van der Waals surface area contributed by atoms with E-state index in [9.17, 15) is 0 Å². The van der Waals surface area contributed by atoms with E-state index in [1.807, 2.05) is 0 Å². The normalized spacial score (nSPS) is 36.2. The second-order valence-electron chi connectivity index (χ2n) is 6.16. The summed E-state index contributed by atoms with van der Waals surface area (Å²) >= 11 is 0. The lowest BCUT2D eigenvalue weighted by Crippen LogP contribution is -2.46. The molecule has 2 N–H and O–H groups in total. The summed E-state index contributed by atoms with van der Waals surface area (Å²) in [5, 5.41) is 0. The van der Waals surface area contributed by atoms with Crippen molar-refractivity contribution in [1.29, 1.82) is 0 Å². The third-order valence-electron chi connectivity index (χ3n) is 4.74. The number of likely N-dealkylation sites (tertiary alicyclic amines) is 1. The van der Waals surface area contributed by atoms with Crippen molar-refractivity contribution < 1.29 is 0 Å². The Hall–Kier alpha value is -0.0800. The molecule has 2 rings (SSSR count). The van der Waals surface area contributed by atoms with Gasteiger partial charge in [0.05, 0.1) is 0 Å². The van der Waals surface area contributed by atoms with E-state index in [0.717, 1.165) is 17.9 Å². The molecule has 0 aromatic rings. The maximum Gasteiger partial charge on any atom is 0.00977 e. The molecule has 0 aromatic heterocycles. The van der Waals surface area contributed by atoms with Gasteiger partial charge in [0.1, 0.15) is 0 Å². The first-order chi connectivity index (χ1) is 7.66. The molecule has 1 heterocycles. The maximum absolute atomic E-state index is 5.99. The summed E-state index contributed by atoms with van der Waals surface area (Å²) in [6.45, 7) is 7.18. The van der Waals surface area contributed by atoms with Gasteiger partial charge in [0.15, 0.2) is 0 Å². The monoisotopic (exact) mass is 224 g/mol. The molecule has 2 heteroatoms. The smallest absolute Gasteiger partial charge is 0.00977 e. The van der Waals surface area contributed by atoms with Gasteiger partial charge in [-0.25, -0.2) is 0 Å². The standard InChI is InChI=1S/C14H28N2/c1-11-4-3-5-14(10-11)16-8-6-13(7-9-16)12(2)15/h11-14H,3-10,15H2,1-2H3. The van der Waals surface area contributed by atoms with Crippen LogP contribution in [0.2, 0.25) is 0 Å².